The topological polar surface area (TPSA) is 78.4 Å². The fourth-order valence-corrected chi connectivity index (χ4v) is 2.83. The highest BCUT2D eigenvalue weighted by Crippen LogP contribution is 2.29. The lowest BCUT2D eigenvalue weighted by atomic mass is 9.81. The lowest BCUT2D eigenvalue weighted by Crippen LogP contribution is -2.44. The van der Waals surface area contributed by atoms with Crippen LogP contribution in [0.2, 0.25) is 0 Å². The first-order chi connectivity index (χ1) is 9.55. The molecule has 0 aromatic rings. The van der Waals surface area contributed by atoms with E-state index in [2.05, 4.69) is 17.6 Å². The van der Waals surface area contributed by atoms with Gasteiger partial charge in [0.15, 0.2) is 0 Å². The first-order valence-electron chi connectivity index (χ1n) is 7.81. The summed E-state index contributed by atoms with van der Waals surface area (Å²) in [5.41, 5.74) is 0. The summed E-state index contributed by atoms with van der Waals surface area (Å²) >= 11 is 0. The Morgan fingerprint density at radius 3 is 2.25 bits per heavy atom. The van der Waals surface area contributed by atoms with Crippen molar-refractivity contribution in [1.82, 2.24) is 10.6 Å². The molecule has 116 valence electrons. The second-order valence-electron chi connectivity index (χ2n) is 5.85. The van der Waals surface area contributed by atoms with Gasteiger partial charge < -0.3 is 15.7 Å². The van der Waals surface area contributed by atoms with Crippen molar-refractivity contribution in [2.45, 2.75) is 64.8 Å². The highest BCUT2D eigenvalue weighted by Gasteiger charge is 2.21. The molecule has 0 saturated heterocycles. The van der Waals surface area contributed by atoms with Gasteiger partial charge in [0.05, 0.1) is 6.42 Å². The standard InChI is InChI=1S/C15H28N2O3/c1-3-11-5-7-12(8-6-11)10-16-15(20)17-13(4-2)9-14(18)19/h11-13H,3-10H2,1-2H3,(H,18,19)(H2,16,17,20). The largest absolute Gasteiger partial charge is 0.481 e. The van der Waals surface area contributed by atoms with Crippen molar-refractivity contribution >= 4 is 12.0 Å². The first-order valence-corrected chi connectivity index (χ1v) is 7.81. The van der Waals surface area contributed by atoms with Crippen molar-refractivity contribution in [1.29, 1.82) is 0 Å². The van der Waals surface area contributed by atoms with Gasteiger partial charge in [-0.2, -0.15) is 0 Å². The average molecular weight is 284 g/mol. The van der Waals surface area contributed by atoms with Gasteiger partial charge in [-0.3, -0.25) is 4.79 Å². The average Bonchev–Trinajstić information content (AvgIpc) is 2.44. The fraction of sp³-hybridized carbons (Fsp3) is 0.867. The van der Waals surface area contributed by atoms with Gasteiger partial charge in [-0.25, -0.2) is 4.79 Å². The summed E-state index contributed by atoms with van der Waals surface area (Å²) in [6.07, 6.45) is 6.76. The molecule has 1 saturated carbocycles. The second kappa shape index (κ2) is 8.82. The molecule has 0 spiro atoms. The van der Waals surface area contributed by atoms with Crippen LogP contribution < -0.4 is 10.6 Å². The minimum absolute atomic E-state index is 0.0223. The van der Waals surface area contributed by atoms with Gasteiger partial charge in [-0.1, -0.05) is 33.1 Å². The van der Waals surface area contributed by atoms with Crippen LogP contribution in [0.5, 0.6) is 0 Å². The highest BCUT2D eigenvalue weighted by atomic mass is 16.4. The van der Waals surface area contributed by atoms with Gasteiger partial charge in [-0.05, 0) is 31.1 Å². The zero-order chi connectivity index (χ0) is 15.0. The Morgan fingerprint density at radius 2 is 1.75 bits per heavy atom. The molecule has 0 aromatic heterocycles. The third kappa shape index (κ3) is 6.26. The van der Waals surface area contributed by atoms with E-state index in [0.29, 0.717) is 18.9 Å². The van der Waals surface area contributed by atoms with Gasteiger partial charge in [0, 0.05) is 12.6 Å². The number of urea groups is 1. The quantitative estimate of drug-likeness (QED) is 0.672. The molecule has 3 N–H and O–H groups in total. The Balaban J connectivity index is 2.21. The number of carbonyl (C=O) groups is 2. The van der Waals surface area contributed by atoms with Gasteiger partial charge >= 0.3 is 12.0 Å². The summed E-state index contributed by atoms with van der Waals surface area (Å²) in [5, 5.41) is 14.3. The Bertz CT molecular complexity index is 312. The summed E-state index contributed by atoms with van der Waals surface area (Å²) in [7, 11) is 0. The van der Waals surface area contributed by atoms with Crippen LogP contribution in [0.1, 0.15) is 58.8 Å². The lowest BCUT2D eigenvalue weighted by molar-refractivity contribution is -0.137. The maximum atomic E-state index is 11.7. The number of carboxylic acids is 1. The molecule has 1 unspecified atom stereocenters. The second-order valence-corrected chi connectivity index (χ2v) is 5.85. The molecule has 5 heteroatoms. The van der Waals surface area contributed by atoms with Crippen molar-refractivity contribution in [2.24, 2.45) is 11.8 Å². The van der Waals surface area contributed by atoms with E-state index in [4.69, 9.17) is 5.11 Å². The van der Waals surface area contributed by atoms with Gasteiger partial charge in [0.25, 0.3) is 0 Å². The smallest absolute Gasteiger partial charge is 0.315 e. The van der Waals surface area contributed by atoms with E-state index in [-0.39, 0.29) is 18.5 Å². The number of rotatable bonds is 7. The molecule has 1 aliphatic carbocycles. The number of hydrogen-bond acceptors (Lipinski definition) is 2. The molecule has 0 radical (unpaired) electrons. The molecule has 0 aliphatic heterocycles. The monoisotopic (exact) mass is 284 g/mol. The number of amides is 2. The van der Waals surface area contributed by atoms with Crippen LogP contribution in [0.3, 0.4) is 0 Å². The number of carbonyl (C=O) groups excluding carboxylic acids is 1. The molecule has 0 bridgehead atoms. The Morgan fingerprint density at radius 1 is 1.15 bits per heavy atom. The number of aliphatic carboxylic acids is 1. The zero-order valence-corrected chi connectivity index (χ0v) is 12.7. The summed E-state index contributed by atoms with van der Waals surface area (Å²) in [5.74, 6) is 0.554. The molecule has 0 aromatic carbocycles. The van der Waals surface area contributed by atoms with E-state index in [1.165, 1.54) is 32.1 Å². The maximum Gasteiger partial charge on any atom is 0.315 e. The zero-order valence-electron chi connectivity index (χ0n) is 12.7. The number of nitrogens with one attached hydrogen (secondary N) is 2. The summed E-state index contributed by atoms with van der Waals surface area (Å²) in [4.78, 5) is 22.4. The summed E-state index contributed by atoms with van der Waals surface area (Å²) in [6.45, 7) is 4.82. The van der Waals surface area contributed by atoms with Crippen molar-refractivity contribution in [2.75, 3.05) is 6.54 Å². The Labute approximate surface area is 121 Å². The van der Waals surface area contributed by atoms with E-state index >= 15 is 0 Å². The van der Waals surface area contributed by atoms with Crippen LogP contribution in [-0.2, 0) is 4.79 Å². The molecule has 1 fully saturated rings. The van der Waals surface area contributed by atoms with E-state index in [9.17, 15) is 9.59 Å². The van der Waals surface area contributed by atoms with Crippen LogP contribution in [-0.4, -0.2) is 29.7 Å². The third-order valence-corrected chi connectivity index (χ3v) is 4.34. The van der Waals surface area contributed by atoms with Gasteiger partial charge in [-0.15, -0.1) is 0 Å². The summed E-state index contributed by atoms with van der Waals surface area (Å²) < 4.78 is 0. The molecule has 1 aliphatic rings. The van der Waals surface area contributed by atoms with E-state index < -0.39 is 5.97 Å². The Kier molecular flexibility index (Phi) is 7.41. The first kappa shape index (κ1) is 16.8. The van der Waals surface area contributed by atoms with E-state index in [1.54, 1.807) is 0 Å². The van der Waals surface area contributed by atoms with Crippen LogP contribution >= 0.6 is 0 Å². The van der Waals surface area contributed by atoms with Crippen LogP contribution in [0.15, 0.2) is 0 Å². The van der Waals surface area contributed by atoms with Gasteiger partial charge in [0.1, 0.15) is 0 Å². The van der Waals surface area contributed by atoms with Crippen molar-refractivity contribution in [3.05, 3.63) is 0 Å². The van der Waals surface area contributed by atoms with E-state index in [0.717, 1.165) is 5.92 Å². The van der Waals surface area contributed by atoms with E-state index in [1.807, 2.05) is 6.92 Å². The third-order valence-electron chi connectivity index (χ3n) is 4.34. The molecule has 0 heterocycles. The fourth-order valence-electron chi connectivity index (χ4n) is 2.83. The molecule has 1 rings (SSSR count). The SMILES string of the molecule is CCC1CCC(CNC(=O)NC(CC)CC(=O)O)CC1. The number of carboxylic acid groups (broad SMARTS) is 1. The summed E-state index contributed by atoms with van der Waals surface area (Å²) in [6, 6.07) is -0.529. The van der Waals surface area contributed by atoms with Crippen molar-refractivity contribution < 1.29 is 14.7 Å². The van der Waals surface area contributed by atoms with Crippen LogP contribution in [0, 0.1) is 11.8 Å². The Hall–Kier alpha value is -1.26. The number of hydrogen-bond donors (Lipinski definition) is 3. The van der Waals surface area contributed by atoms with Crippen molar-refractivity contribution in [3.63, 3.8) is 0 Å². The van der Waals surface area contributed by atoms with Crippen LogP contribution in [0.4, 0.5) is 4.79 Å². The van der Waals surface area contributed by atoms with Crippen molar-refractivity contribution in [3.8, 4) is 0 Å². The molecule has 2 amide bonds. The minimum Gasteiger partial charge on any atom is -0.481 e. The lowest BCUT2D eigenvalue weighted by Gasteiger charge is -2.28. The highest BCUT2D eigenvalue weighted by molar-refractivity contribution is 5.75. The molecular weight excluding hydrogens is 256 g/mol. The normalized spacial score (nSPS) is 23.9. The minimum atomic E-state index is -0.880. The molecule has 5 nitrogen and oxygen atoms in total. The molecule has 1 atom stereocenters. The molecule has 20 heavy (non-hydrogen) atoms. The van der Waals surface area contributed by atoms with Gasteiger partial charge in [0.2, 0.25) is 0 Å². The predicted molar refractivity (Wildman–Crippen MR) is 78.6 cm³/mol. The maximum absolute atomic E-state index is 11.7. The predicted octanol–water partition coefficient (Wildman–Crippen LogP) is 2.76. The van der Waals surface area contributed by atoms with Crippen LogP contribution in [0.25, 0.3) is 0 Å². The molecular formula is C15H28N2O3.